The fourth-order valence-corrected chi connectivity index (χ4v) is 4.95. The van der Waals surface area contributed by atoms with Crippen LogP contribution in [-0.4, -0.2) is 57.2 Å². The maximum Gasteiger partial charge on any atom is 0.356 e. The second-order valence-corrected chi connectivity index (χ2v) is 9.31. The van der Waals surface area contributed by atoms with E-state index in [0.29, 0.717) is 11.4 Å². The van der Waals surface area contributed by atoms with Gasteiger partial charge in [0, 0.05) is 55.5 Å². The normalized spacial score (nSPS) is 12.9. The number of carbonyl (C=O) groups is 1. The quantitative estimate of drug-likeness (QED) is 0.356. The van der Waals surface area contributed by atoms with Crippen LogP contribution in [0.25, 0.3) is 22.3 Å². The Morgan fingerprint density at radius 3 is 2.58 bits per heavy atom. The first-order chi connectivity index (χ1) is 18.4. The number of fused-ring (bicyclic) bond motifs is 2. The summed E-state index contributed by atoms with van der Waals surface area (Å²) in [4.78, 5) is 47.7. The van der Waals surface area contributed by atoms with Gasteiger partial charge in [0.25, 0.3) is 5.56 Å². The van der Waals surface area contributed by atoms with Crippen LogP contribution in [0.5, 0.6) is 0 Å². The number of methoxy groups -OCH3 is 1. The van der Waals surface area contributed by atoms with Gasteiger partial charge in [-0.3, -0.25) is 4.79 Å². The number of esters is 1. The number of aryl methyl sites for hydroxylation is 3. The van der Waals surface area contributed by atoms with Gasteiger partial charge in [0.2, 0.25) is 0 Å². The lowest BCUT2D eigenvalue weighted by atomic mass is 10.1. The van der Waals surface area contributed by atoms with Crippen molar-refractivity contribution >= 4 is 34.2 Å². The summed E-state index contributed by atoms with van der Waals surface area (Å²) in [7, 11) is 3.14. The molecule has 0 saturated heterocycles. The zero-order valence-corrected chi connectivity index (χ0v) is 22.4. The molecule has 0 saturated carbocycles. The molecule has 0 fully saturated rings. The van der Waals surface area contributed by atoms with Gasteiger partial charge in [-0.15, -0.1) is 0 Å². The molecular formula is C28H31N7O3. The zero-order chi connectivity index (χ0) is 27.0. The van der Waals surface area contributed by atoms with Crippen molar-refractivity contribution < 1.29 is 9.53 Å². The van der Waals surface area contributed by atoms with Gasteiger partial charge >= 0.3 is 5.97 Å². The Morgan fingerprint density at radius 1 is 1.11 bits per heavy atom. The SMILES string of the molecule is CCN(CC)c1cc2c(cc(C)c(=O)n2C)c(N2CCCc3nc(-c4ccc(C(=O)OC)nc4)ncc32)n1. The summed E-state index contributed by atoms with van der Waals surface area (Å²) in [5, 5.41) is 0.917. The zero-order valence-electron chi connectivity index (χ0n) is 22.4. The molecular weight excluding hydrogens is 482 g/mol. The smallest absolute Gasteiger partial charge is 0.356 e. The summed E-state index contributed by atoms with van der Waals surface area (Å²) in [6.45, 7) is 8.41. The number of rotatable bonds is 6. The van der Waals surface area contributed by atoms with Crippen LogP contribution in [0.15, 0.2) is 41.5 Å². The average molecular weight is 514 g/mol. The van der Waals surface area contributed by atoms with E-state index in [0.717, 1.165) is 72.0 Å². The average Bonchev–Trinajstić information content (AvgIpc) is 2.95. The second-order valence-electron chi connectivity index (χ2n) is 9.31. The minimum atomic E-state index is -0.488. The first-order valence-corrected chi connectivity index (χ1v) is 12.8. The molecule has 0 radical (unpaired) electrons. The van der Waals surface area contributed by atoms with E-state index in [2.05, 4.69) is 33.6 Å². The molecule has 0 spiro atoms. The number of nitrogens with zero attached hydrogens (tertiary/aromatic N) is 7. The number of pyridine rings is 3. The molecule has 0 aromatic carbocycles. The van der Waals surface area contributed by atoms with Gasteiger partial charge in [-0.1, -0.05) is 0 Å². The van der Waals surface area contributed by atoms with Gasteiger partial charge in [-0.2, -0.15) is 0 Å². The van der Waals surface area contributed by atoms with Gasteiger partial charge in [0.05, 0.1) is 30.2 Å². The molecule has 196 valence electrons. The van der Waals surface area contributed by atoms with E-state index in [1.165, 1.54) is 7.11 Å². The van der Waals surface area contributed by atoms with Crippen molar-refractivity contribution in [2.75, 3.05) is 36.5 Å². The highest BCUT2D eigenvalue weighted by Gasteiger charge is 2.25. The van der Waals surface area contributed by atoms with E-state index in [4.69, 9.17) is 14.7 Å². The fourth-order valence-electron chi connectivity index (χ4n) is 4.95. The maximum atomic E-state index is 12.8. The molecule has 5 heterocycles. The minimum Gasteiger partial charge on any atom is -0.464 e. The molecule has 0 unspecified atom stereocenters. The number of anilines is 3. The van der Waals surface area contributed by atoms with E-state index in [1.54, 1.807) is 22.9 Å². The molecule has 10 nitrogen and oxygen atoms in total. The maximum absolute atomic E-state index is 12.8. The minimum absolute atomic E-state index is 0.0148. The summed E-state index contributed by atoms with van der Waals surface area (Å²) in [5.74, 6) is 1.68. The van der Waals surface area contributed by atoms with Crippen LogP contribution >= 0.6 is 0 Å². The Balaban J connectivity index is 1.63. The molecule has 4 aromatic rings. The van der Waals surface area contributed by atoms with E-state index in [-0.39, 0.29) is 11.3 Å². The Morgan fingerprint density at radius 2 is 1.89 bits per heavy atom. The van der Waals surface area contributed by atoms with Gasteiger partial charge < -0.3 is 19.1 Å². The Hall–Kier alpha value is -4.34. The summed E-state index contributed by atoms with van der Waals surface area (Å²) >= 11 is 0. The van der Waals surface area contributed by atoms with Crippen molar-refractivity contribution in [3.63, 3.8) is 0 Å². The molecule has 1 aliphatic rings. The number of carbonyl (C=O) groups excluding carboxylic acids is 1. The Labute approximate surface area is 221 Å². The topological polar surface area (TPSA) is 106 Å². The lowest BCUT2D eigenvalue weighted by Crippen LogP contribution is -2.29. The van der Waals surface area contributed by atoms with Crippen LogP contribution in [0.4, 0.5) is 17.3 Å². The molecule has 0 atom stereocenters. The van der Waals surface area contributed by atoms with Gasteiger partial charge in [-0.25, -0.2) is 24.7 Å². The van der Waals surface area contributed by atoms with E-state index >= 15 is 0 Å². The highest BCUT2D eigenvalue weighted by Crippen LogP contribution is 2.37. The molecule has 0 N–H and O–H groups in total. The Kier molecular flexibility index (Phi) is 6.79. The van der Waals surface area contributed by atoms with Crippen molar-refractivity contribution in [2.45, 2.75) is 33.6 Å². The molecule has 0 aliphatic carbocycles. The number of ether oxygens (including phenoxy) is 1. The van der Waals surface area contributed by atoms with Crippen LogP contribution in [0.2, 0.25) is 0 Å². The van der Waals surface area contributed by atoms with Gasteiger partial charge in [-0.05, 0) is 51.8 Å². The molecule has 0 bridgehead atoms. The third kappa shape index (κ3) is 4.36. The van der Waals surface area contributed by atoms with E-state index < -0.39 is 5.97 Å². The van der Waals surface area contributed by atoms with Crippen molar-refractivity contribution in [3.8, 4) is 11.4 Å². The summed E-state index contributed by atoms with van der Waals surface area (Å²) < 4.78 is 6.44. The predicted octanol–water partition coefficient (Wildman–Crippen LogP) is 3.81. The highest BCUT2D eigenvalue weighted by molar-refractivity contribution is 5.94. The largest absolute Gasteiger partial charge is 0.464 e. The van der Waals surface area contributed by atoms with Crippen molar-refractivity contribution in [3.05, 3.63) is 64.0 Å². The van der Waals surface area contributed by atoms with Crippen LogP contribution in [0, 0.1) is 6.92 Å². The van der Waals surface area contributed by atoms with Crippen molar-refractivity contribution in [1.82, 2.24) is 24.5 Å². The Bertz CT molecular complexity index is 1580. The third-order valence-corrected chi connectivity index (χ3v) is 7.06. The van der Waals surface area contributed by atoms with Crippen LogP contribution < -0.4 is 15.4 Å². The van der Waals surface area contributed by atoms with Crippen molar-refractivity contribution in [2.24, 2.45) is 7.05 Å². The highest BCUT2D eigenvalue weighted by atomic mass is 16.5. The predicted molar refractivity (Wildman–Crippen MR) is 147 cm³/mol. The summed E-state index contributed by atoms with van der Waals surface area (Å²) in [6, 6.07) is 7.32. The van der Waals surface area contributed by atoms with E-state index in [1.807, 2.05) is 32.3 Å². The fraction of sp³-hybridized carbons (Fsp3) is 0.357. The first kappa shape index (κ1) is 25.3. The molecule has 5 rings (SSSR count). The molecule has 4 aromatic heterocycles. The number of hydrogen-bond acceptors (Lipinski definition) is 9. The van der Waals surface area contributed by atoms with Gasteiger partial charge in [0.15, 0.2) is 5.82 Å². The number of hydrogen-bond donors (Lipinski definition) is 0. The molecule has 10 heteroatoms. The molecule has 0 amide bonds. The first-order valence-electron chi connectivity index (χ1n) is 12.8. The van der Waals surface area contributed by atoms with Crippen LogP contribution in [-0.2, 0) is 18.2 Å². The van der Waals surface area contributed by atoms with E-state index in [9.17, 15) is 9.59 Å². The van der Waals surface area contributed by atoms with Crippen molar-refractivity contribution in [1.29, 1.82) is 0 Å². The lowest BCUT2D eigenvalue weighted by Gasteiger charge is -2.32. The lowest BCUT2D eigenvalue weighted by molar-refractivity contribution is 0.0594. The van der Waals surface area contributed by atoms with Crippen LogP contribution in [0.3, 0.4) is 0 Å². The number of aromatic nitrogens is 5. The summed E-state index contributed by atoms with van der Waals surface area (Å²) in [5.41, 5.74) is 4.27. The van der Waals surface area contributed by atoms with Gasteiger partial charge in [0.1, 0.15) is 17.3 Å². The molecule has 1 aliphatic heterocycles. The molecule has 38 heavy (non-hydrogen) atoms. The van der Waals surface area contributed by atoms with Crippen LogP contribution in [0.1, 0.15) is 42.0 Å². The third-order valence-electron chi connectivity index (χ3n) is 7.06. The monoisotopic (exact) mass is 513 g/mol. The summed E-state index contributed by atoms with van der Waals surface area (Å²) in [6.07, 6.45) is 5.12. The standard InChI is InChI=1S/C28H31N7O3/c1-6-34(7-2)24-14-22-19(13-17(3)27(36)33(22)4)26(32-24)35-12-8-9-20-23(35)16-30-25(31-20)18-10-11-21(29-15-18)28(37)38-5/h10-11,13-16H,6-9,12H2,1-5H3. The second kappa shape index (κ2) is 10.2.